The Kier molecular flexibility index (Phi) is 6.81. The van der Waals surface area contributed by atoms with Gasteiger partial charge in [0, 0.05) is 45.0 Å². The molecule has 168 valence electrons. The molecule has 1 saturated heterocycles. The van der Waals surface area contributed by atoms with Gasteiger partial charge in [-0.25, -0.2) is 4.79 Å². The standard InChI is InChI=1S/C25H25N5O3/c26-16-20-6-8-22(9-7-20)17-27-12-14-28(15-13-27)24(32)19-30-23(31)10-11-29(25(30)33)18-21-4-2-1-3-5-21/h1-11H,12-15,17-19H2. The molecule has 33 heavy (non-hydrogen) atoms. The number of rotatable bonds is 6. The Hall–Kier alpha value is -3.96. The molecule has 1 aliphatic rings. The van der Waals surface area contributed by atoms with Crippen molar-refractivity contribution in [2.75, 3.05) is 26.2 Å². The molecular weight excluding hydrogens is 418 g/mol. The summed E-state index contributed by atoms with van der Waals surface area (Å²) in [6.45, 7) is 3.30. The summed E-state index contributed by atoms with van der Waals surface area (Å²) in [5.74, 6) is -0.232. The third kappa shape index (κ3) is 5.45. The minimum Gasteiger partial charge on any atom is -0.339 e. The van der Waals surface area contributed by atoms with E-state index in [9.17, 15) is 14.4 Å². The predicted molar refractivity (Wildman–Crippen MR) is 124 cm³/mol. The average molecular weight is 444 g/mol. The molecule has 2 aromatic carbocycles. The molecule has 1 aliphatic heterocycles. The fraction of sp³-hybridized carbons (Fsp3) is 0.280. The van der Waals surface area contributed by atoms with Crippen LogP contribution < -0.4 is 11.2 Å². The zero-order valence-electron chi connectivity index (χ0n) is 18.3. The van der Waals surface area contributed by atoms with Crippen LogP contribution in [0.5, 0.6) is 0 Å². The van der Waals surface area contributed by atoms with Gasteiger partial charge in [0.1, 0.15) is 6.54 Å². The lowest BCUT2D eigenvalue weighted by molar-refractivity contribution is -0.133. The fourth-order valence-electron chi connectivity index (χ4n) is 3.94. The number of amides is 1. The summed E-state index contributed by atoms with van der Waals surface area (Å²) in [7, 11) is 0. The summed E-state index contributed by atoms with van der Waals surface area (Å²) < 4.78 is 2.45. The Balaban J connectivity index is 1.37. The van der Waals surface area contributed by atoms with Crippen molar-refractivity contribution in [2.45, 2.75) is 19.6 Å². The topological polar surface area (TPSA) is 91.3 Å². The van der Waals surface area contributed by atoms with Gasteiger partial charge >= 0.3 is 5.69 Å². The van der Waals surface area contributed by atoms with Crippen molar-refractivity contribution in [3.63, 3.8) is 0 Å². The molecule has 3 aromatic rings. The Morgan fingerprint density at radius 2 is 1.52 bits per heavy atom. The van der Waals surface area contributed by atoms with E-state index < -0.39 is 11.2 Å². The fourth-order valence-corrected chi connectivity index (χ4v) is 3.94. The molecule has 0 aliphatic carbocycles. The summed E-state index contributed by atoms with van der Waals surface area (Å²) in [6, 6.07) is 20.4. The molecule has 8 heteroatoms. The lowest BCUT2D eigenvalue weighted by Crippen LogP contribution is -2.51. The molecule has 1 fully saturated rings. The number of aromatic nitrogens is 2. The van der Waals surface area contributed by atoms with Crippen LogP contribution in [0.15, 0.2) is 76.4 Å². The summed E-state index contributed by atoms with van der Waals surface area (Å²) in [6.07, 6.45) is 1.47. The van der Waals surface area contributed by atoms with Crippen LogP contribution in [0.25, 0.3) is 0 Å². The highest BCUT2D eigenvalue weighted by Gasteiger charge is 2.22. The molecule has 0 N–H and O–H groups in total. The minimum atomic E-state index is -0.487. The van der Waals surface area contributed by atoms with Crippen LogP contribution in [0.3, 0.4) is 0 Å². The monoisotopic (exact) mass is 443 g/mol. The van der Waals surface area contributed by atoms with Crippen molar-refractivity contribution in [3.8, 4) is 6.07 Å². The van der Waals surface area contributed by atoms with Crippen LogP contribution in [0.4, 0.5) is 0 Å². The number of carbonyl (C=O) groups is 1. The van der Waals surface area contributed by atoms with Gasteiger partial charge < -0.3 is 4.90 Å². The maximum Gasteiger partial charge on any atom is 0.331 e. The SMILES string of the molecule is N#Cc1ccc(CN2CCN(C(=O)Cn3c(=O)ccn(Cc4ccccc4)c3=O)CC2)cc1. The number of benzene rings is 2. The number of nitriles is 1. The number of carbonyl (C=O) groups excluding carboxylic acids is 1. The molecule has 4 rings (SSSR count). The van der Waals surface area contributed by atoms with Crippen LogP contribution >= 0.6 is 0 Å². The Morgan fingerprint density at radius 3 is 2.18 bits per heavy atom. The van der Waals surface area contributed by atoms with Crippen LogP contribution in [0, 0.1) is 11.3 Å². The van der Waals surface area contributed by atoms with Crippen LogP contribution in [-0.2, 0) is 24.4 Å². The van der Waals surface area contributed by atoms with E-state index >= 15 is 0 Å². The first-order valence-corrected chi connectivity index (χ1v) is 10.9. The van der Waals surface area contributed by atoms with Gasteiger partial charge in [-0.1, -0.05) is 42.5 Å². The highest BCUT2D eigenvalue weighted by molar-refractivity contribution is 5.76. The Bertz CT molecular complexity index is 1260. The third-order valence-electron chi connectivity index (χ3n) is 5.84. The van der Waals surface area contributed by atoms with Crippen molar-refractivity contribution < 1.29 is 4.79 Å². The number of hydrogen-bond donors (Lipinski definition) is 0. The first-order valence-electron chi connectivity index (χ1n) is 10.9. The average Bonchev–Trinajstić information content (AvgIpc) is 2.85. The molecular formula is C25H25N5O3. The molecule has 0 bridgehead atoms. The van der Waals surface area contributed by atoms with Gasteiger partial charge in [0.2, 0.25) is 5.91 Å². The first-order chi connectivity index (χ1) is 16.0. The van der Waals surface area contributed by atoms with Gasteiger partial charge in [-0.05, 0) is 23.3 Å². The predicted octanol–water partition coefficient (Wildman–Crippen LogP) is 1.27. The normalized spacial score (nSPS) is 14.1. The van der Waals surface area contributed by atoms with Crippen molar-refractivity contribution in [1.29, 1.82) is 5.26 Å². The first kappa shape index (κ1) is 22.2. The van der Waals surface area contributed by atoms with Crippen LogP contribution in [-0.4, -0.2) is 51.0 Å². The van der Waals surface area contributed by atoms with Gasteiger partial charge in [0.15, 0.2) is 0 Å². The molecule has 8 nitrogen and oxygen atoms in total. The second-order valence-corrected chi connectivity index (χ2v) is 8.10. The number of piperazine rings is 1. The summed E-state index contributed by atoms with van der Waals surface area (Å²) in [5, 5.41) is 8.91. The second-order valence-electron chi connectivity index (χ2n) is 8.10. The molecule has 1 aromatic heterocycles. The van der Waals surface area contributed by atoms with Gasteiger partial charge in [0.25, 0.3) is 5.56 Å². The van der Waals surface area contributed by atoms with Crippen molar-refractivity contribution in [2.24, 2.45) is 0 Å². The molecule has 0 spiro atoms. The minimum absolute atomic E-state index is 0.232. The molecule has 2 heterocycles. The molecule has 0 atom stereocenters. The van der Waals surface area contributed by atoms with Gasteiger partial charge in [-0.2, -0.15) is 5.26 Å². The Morgan fingerprint density at radius 1 is 0.848 bits per heavy atom. The van der Waals surface area contributed by atoms with E-state index in [-0.39, 0.29) is 12.5 Å². The van der Waals surface area contributed by atoms with Gasteiger partial charge in [-0.3, -0.25) is 23.6 Å². The van der Waals surface area contributed by atoms with E-state index in [4.69, 9.17) is 5.26 Å². The summed E-state index contributed by atoms with van der Waals surface area (Å²) in [4.78, 5) is 41.9. The lowest BCUT2D eigenvalue weighted by Gasteiger charge is -2.34. The van der Waals surface area contributed by atoms with Crippen molar-refractivity contribution >= 4 is 5.91 Å². The van der Waals surface area contributed by atoms with E-state index in [1.165, 1.54) is 16.8 Å². The zero-order valence-corrected chi connectivity index (χ0v) is 18.3. The van der Waals surface area contributed by atoms with Crippen molar-refractivity contribution in [3.05, 3.63) is 104 Å². The van der Waals surface area contributed by atoms with E-state index in [1.807, 2.05) is 42.5 Å². The third-order valence-corrected chi connectivity index (χ3v) is 5.84. The number of nitrogens with zero attached hydrogens (tertiary/aromatic N) is 5. The highest BCUT2D eigenvalue weighted by atomic mass is 16.2. The van der Waals surface area contributed by atoms with E-state index in [1.54, 1.807) is 17.0 Å². The Labute approximate surface area is 191 Å². The lowest BCUT2D eigenvalue weighted by atomic mass is 10.1. The highest BCUT2D eigenvalue weighted by Crippen LogP contribution is 2.10. The largest absolute Gasteiger partial charge is 0.339 e. The van der Waals surface area contributed by atoms with Crippen LogP contribution in [0.2, 0.25) is 0 Å². The quantitative estimate of drug-likeness (QED) is 0.572. The maximum absolute atomic E-state index is 12.8. The molecule has 1 amide bonds. The summed E-state index contributed by atoms with van der Waals surface area (Å²) in [5.41, 5.74) is 1.72. The zero-order chi connectivity index (χ0) is 23.2. The van der Waals surface area contributed by atoms with E-state index in [0.29, 0.717) is 38.3 Å². The van der Waals surface area contributed by atoms with Crippen LogP contribution in [0.1, 0.15) is 16.7 Å². The summed E-state index contributed by atoms with van der Waals surface area (Å²) >= 11 is 0. The molecule has 0 saturated carbocycles. The van der Waals surface area contributed by atoms with Gasteiger partial charge in [-0.15, -0.1) is 0 Å². The number of hydrogen-bond acceptors (Lipinski definition) is 5. The van der Waals surface area contributed by atoms with Gasteiger partial charge in [0.05, 0.1) is 18.2 Å². The van der Waals surface area contributed by atoms with E-state index in [0.717, 1.165) is 22.2 Å². The molecule has 0 radical (unpaired) electrons. The smallest absolute Gasteiger partial charge is 0.331 e. The second kappa shape index (κ2) is 10.1. The maximum atomic E-state index is 12.8. The van der Waals surface area contributed by atoms with Crippen molar-refractivity contribution in [1.82, 2.24) is 18.9 Å². The molecule has 0 unspecified atom stereocenters. The van der Waals surface area contributed by atoms with E-state index in [2.05, 4.69) is 11.0 Å².